The van der Waals surface area contributed by atoms with Gasteiger partial charge >= 0.3 is 5.97 Å². The number of carbonyl (C=O) groups is 2. The molecule has 5 heteroatoms. The van der Waals surface area contributed by atoms with Crippen LogP contribution in [0.5, 0.6) is 0 Å². The van der Waals surface area contributed by atoms with Gasteiger partial charge in [-0.25, -0.2) is 0 Å². The van der Waals surface area contributed by atoms with Gasteiger partial charge in [-0.3, -0.25) is 9.59 Å². The average Bonchev–Trinajstić information content (AvgIpc) is 2.28. The van der Waals surface area contributed by atoms with E-state index in [-0.39, 0.29) is 11.7 Å². The van der Waals surface area contributed by atoms with Crippen LogP contribution in [0.4, 0.5) is 0 Å². The summed E-state index contributed by atoms with van der Waals surface area (Å²) in [6.07, 6.45) is 5.72. The molecule has 98 valence electrons. The lowest BCUT2D eigenvalue weighted by atomic mass is 9.95. The van der Waals surface area contributed by atoms with E-state index in [1.807, 2.05) is 0 Å². The first-order valence-corrected chi connectivity index (χ1v) is 7.07. The maximum atomic E-state index is 11.7. The molecular formula is C12H21NO3S. The highest BCUT2D eigenvalue weighted by Gasteiger charge is 2.28. The highest BCUT2D eigenvalue weighted by Crippen LogP contribution is 2.24. The zero-order valence-electron chi connectivity index (χ0n) is 10.5. The Morgan fingerprint density at radius 3 is 2.41 bits per heavy atom. The SMILES string of the molecule is CC(C)(SCC(=O)NC1CCCCC1)C(=O)O. The minimum absolute atomic E-state index is 0.0452. The molecule has 1 rings (SSSR count). The van der Waals surface area contributed by atoms with Gasteiger partial charge in [0.1, 0.15) is 4.75 Å². The number of carboxylic acid groups (broad SMARTS) is 1. The lowest BCUT2D eigenvalue weighted by Gasteiger charge is -2.24. The van der Waals surface area contributed by atoms with Crippen molar-refractivity contribution in [2.24, 2.45) is 0 Å². The van der Waals surface area contributed by atoms with E-state index in [0.717, 1.165) is 12.8 Å². The fraction of sp³-hybridized carbons (Fsp3) is 0.833. The van der Waals surface area contributed by atoms with Crippen LogP contribution in [0.1, 0.15) is 46.0 Å². The van der Waals surface area contributed by atoms with Crippen molar-refractivity contribution in [3.05, 3.63) is 0 Å². The Kier molecular flexibility index (Phi) is 5.31. The molecular weight excluding hydrogens is 238 g/mol. The summed E-state index contributed by atoms with van der Waals surface area (Å²) in [6, 6.07) is 0.296. The van der Waals surface area contributed by atoms with E-state index >= 15 is 0 Å². The number of carboxylic acids is 1. The Morgan fingerprint density at radius 2 is 1.88 bits per heavy atom. The molecule has 0 aliphatic heterocycles. The van der Waals surface area contributed by atoms with Crippen LogP contribution in [-0.4, -0.2) is 33.5 Å². The second-order valence-electron chi connectivity index (χ2n) is 5.01. The molecule has 17 heavy (non-hydrogen) atoms. The molecule has 0 aromatic carbocycles. The topological polar surface area (TPSA) is 66.4 Å². The average molecular weight is 259 g/mol. The van der Waals surface area contributed by atoms with E-state index in [2.05, 4.69) is 5.32 Å². The largest absolute Gasteiger partial charge is 0.480 e. The number of nitrogens with one attached hydrogen (secondary N) is 1. The Morgan fingerprint density at radius 1 is 1.29 bits per heavy atom. The Balaban J connectivity index is 2.27. The van der Waals surface area contributed by atoms with Crippen molar-refractivity contribution < 1.29 is 14.7 Å². The monoisotopic (exact) mass is 259 g/mol. The third-order valence-electron chi connectivity index (χ3n) is 3.05. The first kappa shape index (κ1) is 14.4. The van der Waals surface area contributed by atoms with Crippen molar-refractivity contribution in [1.29, 1.82) is 0 Å². The first-order valence-electron chi connectivity index (χ1n) is 6.08. The van der Waals surface area contributed by atoms with Crippen molar-refractivity contribution in [2.75, 3.05) is 5.75 Å². The molecule has 0 aromatic heterocycles. The molecule has 1 saturated carbocycles. The fourth-order valence-corrected chi connectivity index (χ4v) is 2.52. The Labute approximate surface area is 107 Å². The van der Waals surface area contributed by atoms with Crippen LogP contribution in [0.2, 0.25) is 0 Å². The van der Waals surface area contributed by atoms with Crippen LogP contribution in [0.15, 0.2) is 0 Å². The summed E-state index contributed by atoms with van der Waals surface area (Å²) in [7, 11) is 0. The molecule has 2 N–H and O–H groups in total. The van der Waals surface area contributed by atoms with E-state index in [9.17, 15) is 9.59 Å². The van der Waals surface area contributed by atoms with Gasteiger partial charge in [-0.15, -0.1) is 11.8 Å². The third-order valence-corrected chi connectivity index (χ3v) is 4.35. The van der Waals surface area contributed by atoms with Crippen LogP contribution < -0.4 is 5.32 Å². The lowest BCUT2D eigenvalue weighted by Crippen LogP contribution is -2.38. The smallest absolute Gasteiger partial charge is 0.319 e. The summed E-state index contributed by atoms with van der Waals surface area (Å²) < 4.78 is -0.899. The quantitative estimate of drug-likeness (QED) is 0.793. The van der Waals surface area contributed by atoms with Crippen LogP contribution in [0.3, 0.4) is 0 Å². The summed E-state index contributed by atoms with van der Waals surface area (Å²) >= 11 is 1.17. The maximum Gasteiger partial charge on any atom is 0.319 e. The van der Waals surface area contributed by atoms with Crippen molar-refractivity contribution in [2.45, 2.75) is 56.7 Å². The molecule has 4 nitrogen and oxygen atoms in total. The van der Waals surface area contributed by atoms with E-state index in [1.54, 1.807) is 13.8 Å². The van der Waals surface area contributed by atoms with Gasteiger partial charge in [0.2, 0.25) is 5.91 Å². The standard InChI is InChI=1S/C12H21NO3S/c1-12(2,11(15)16)17-8-10(14)13-9-6-4-3-5-7-9/h9H,3-8H2,1-2H3,(H,13,14)(H,15,16). The minimum atomic E-state index is -0.899. The molecule has 0 radical (unpaired) electrons. The number of carbonyl (C=O) groups excluding carboxylic acids is 1. The van der Waals surface area contributed by atoms with Gasteiger partial charge in [0.05, 0.1) is 5.75 Å². The fourth-order valence-electron chi connectivity index (χ4n) is 1.82. The van der Waals surface area contributed by atoms with Crippen molar-refractivity contribution in [3.63, 3.8) is 0 Å². The number of amides is 1. The number of thioether (sulfide) groups is 1. The second kappa shape index (κ2) is 6.28. The van der Waals surface area contributed by atoms with E-state index < -0.39 is 10.7 Å². The lowest BCUT2D eigenvalue weighted by molar-refractivity contribution is -0.138. The summed E-state index contributed by atoms with van der Waals surface area (Å²) in [6.45, 7) is 3.24. The van der Waals surface area contributed by atoms with E-state index in [4.69, 9.17) is 5.11 Å². The Hall–Kier alpha value is -0.710. The zero-order valence-corrected chi connectivity index (χ0v) is 11.3. The number of hydrogen-bond acceptors (Lipinski definition) is 3. The summed E-state index contributed by atoms with van der Waals surface area (Å²) in [5.74, 6) is -0.709. The molecule has 0 atom stereocenters. The van der Waals surface area contributed by atoms with Gasteiger partial charge in [0.15, 0.2) is 0 Å². The maximum absolute atomic E-state index is 11.7. The zero-order chi connectivity index (χ0) is 12.9. The van der Waals surface area contributed by atoms with Crippen LogP contribution in [0, 0.1) is 0 Å². The predicted octanol–water partition coefficient (Wildman–Crippen LogP) is 2.03. The minimum Gasteiger partial charge on any atom is -0.480 e. The molecule has 0 bridgehead atoms. The molecule has 0 unspecified atom stereocenters. The highest BCUT2D eigenvalue weighted by atomic mass is 32.2. The molecule has 0 heterocycles. The summed E-state index contributed by atoms with van der Waals surface area (Å²) in [4.78, 5) is 22.5. The first-order chi connectivity index (χ1) is 7.92. The van der Waals surface area contributed by atoms with Gasteiger partial charge in [-0.05, 0) is 26.7 Å². The predicted molar refractivity (Wildman–Crippen MR) is 69.2 cm³/mol. The van der Waals surface area contributed by atoms with Gasteiger partial charge in [-0.2, -0.15) is 0 Å². The van der Waals surface area contributed by atoms with Gasteiger partial charge in [0.25, 0.3) is 0 Å². The number of rotatable bonds is 5. The van der Waals surface area contributed by atoms with Crippen LogP contribution in [-0.2, 0) is 9.59 Å². The Bertz CT molecular complexity index is 285. The summed E-state index contributed by atoms with van der Waals surface area (Å²) in [5.41, 5.74) is 0. The molecule has 0 aromatic rings. The molecule has 1 aliphatic carbocycles. The van der Waals surface area contributed by atoms with Gasteiger partial charge in [0, 0.05) is 6.04 Å². The van der Waals surface area contributed by atoms with E-state index in [0.29, 0.717) is 6.04 Å². The molecule has 0 spiro atoms. The molecule has 1 aliphatic rings. The van der Waals surface area contributed by atoms with Crippen molar-refractivity contribution in [3.8, 4) is 0 Å². The molecule has 1 fully saturated rings. The van der Waals surface area contributed by atoms with Crippen LogP contribution in [0.25, 0.3) is 0 Å². The van der Waals surface area contributed by atoms with E-state index in [1.165, 1.54) is 31.0 Å². The van der Waals surface area contributed by atoms with Crippen LogP contribution >= 0.6 is 11.8 Å². The highest BCUT2D eigenvalue weighted by molar-refractivity contribution is 8.01. The summed E-state index contributed by atoms with van der Waals surface area (Å²) in [5, 5.41) is 11.9. The van der Waals surface area contributed by atoms with Gasteiger partial charge in [-0.1, -0.05) is 19.3 Å². The number of aliphatic carboxylic acids is 1. The van der Waals surface area contributed by atoms with Gasteiger partial charge < -0.3 is 10.4 Å². The molecule has 1 amide bonds. The second-order valence-corrected chi connectivity index (χ2v) is 6.60. The van der Waals surface area contributed by atoms with Crippen molar-refractivity contribution >= 4 is 23.6 Å². The third kappa shape index (κ3) is 4.98. The molecule has 0 saturated heterocycles. The normalized spacial score (nSPS) is 17.8. The van der Waals surface area contributed by atoms with Crippen molar-refractivity contribution in [1.82, 2.24) is 5.32 Å². The number of hydrogen-bond donors (Lipinski definition) is 2.